The smallest absolute Gasteiger partial charge is 0.262 e. The highest BCUT2D eigenvalue weighted by molar-refractivity contribution is 8.00. The first kappa shape index (κ1) is 28.6. The summed E-state index contributed by atoms with van der Waals surface area (Å²) < 4.78 is 23.8. The first-order valence-corrected chi connectivity index (χ1v) is 15.4. The second-order valence-electron chi connectivity index (χ2n) is 9.95. The Labute approximate surface area is 241 Å². The zero-order valence-corrected chi connectivity index (χ0v) is 23.8. The summed E-state index contributed by atoms with van der Waals surface area (Å²) in [6.45, 7) is 0.477. The fraction of sp³-hybridized carbons (Fsp3) is 0.400. The van der Waals surface area contributed by atoms with Crippen molar-refractivity contribution in [2.45, 2.75) is 56.0 Å². The molecule has 2 fully saturated rings. The molecule has 0 saturated carbocycles. The van der Waals surface area contributed by atoms with E-state index in [1.807, 2.05) is 36.0 Å². The van der Waals surface area contributed by atoms with Gasteiger partial charge in [0.25, 0.3) is 5.91 Å². The number of hydrogen-bond acceptors (Lipinski definition) is 7. The summed E-state index contributed by atoms with van der Waals surface area (Å²) in [5, 5.41) is 2.86. The monoisotopic (exact) mass is 584 g/mol. The van der Waals surface area contributed by atoms with Crippen LogP contribution in [0.1, 0.15) is 49.8 Å². The molecule has 3 heterocycles. The lowest BCUT2D eigenvalue weighted by Crippen LogP contribution is -2.37. The highest BCUT2D eigenvalue weighted by Crippen LogP contribution is 2.51. The SMILES string of the molecule is O=C(C[C@]1(c2ccc(-c3cccc(NC(=O)COc4ccc(F)cc4)c3)s2)CCCCS1)NOC1CCCCO1. The molecule has 10 heteroatoms. The first-order valence-electron chi connectivity index (χ1n) is 13.6. The summed E-state index contributed by atoms with van der Waals surface area (Å²) in [7, 11) is 0. The van der Waals surface area contributed by atoms with Crippen LogP contribution in [0.5, 0.6) is 5.75 Å². The van der Waals surface area contributed by atoms with E-state index in [1.165, 1.54) is 29.1 Å². The highest BCUT2D eigenvalue weighted by atomic mass is 32.2. The van der Waals surface area contributed by atoms with Crippen molar-refractivity contribution in [3.63, 3.8) is 0 Å². The Kier molecular flexibility index (Phi) is 9.74. The Morgan fingerprint density at radius 2 is 1.90 bits per heavy atom. The third-order valence-electron chi connectivity index (χ3n) is 6.91. The number of hydrogen-bond donors (Lipinski definition) is 2. The van der Waals surface area contributed by atoms with Gasteiger partial charge in [0.05, 0.1) is 4.75 Å². The molecule has 3 aromatic rings. The van der Waals surface area contributed by atoms with Gasteiger partial charge in [-0.1, -0.05) is 18.6 Å². The van der Waals surface area contributed by atoms with Crippen LogP contribution in [-0.2, 0) is 23.9 Å². The second-order valence-corrected chi connectivity index (χ2v) is 12.5. The standard InChI is InChI=1S/C30H33FN2O5S2/c31-22-9-11-24(12-10-22)37-20-28(35)32-23-7-5-6-21(18-23)25-13-14-26(40-25)30(15-2-4-17-39-30)19-27(34)33-38-29-8-1-3-16-36-29/h5-7,9-14,18,29H,1-4,8,15-17,19-20H2,(H,32,35)(H,33,34)/t29?,30-/m0/s1. The summed E-state index contributed by atoms with van der Waals surface area (Å²) in [6, 6.07) is 17.4. The number of amides is 2. The van der Waals surface area contributed by atoms with Crippen molar-refractivity contribution in [1.29, 1.82) is 0 Å². The maximum Gasteiger partial charge on any atom is 0.262 e. The van der Waals surface area contributed by atoms with Crippen LogP contribution in [0.2, 0.25) is 0 Å². The van der Waals surface area contributed by atoms with Crippen LogP contribution in [0.25, 0.3) is 10.4 Å². The fourth-order valence-electron chi connectivity index (χ4n) is 4.87. The minimum atomic E-state index is -0.372. The quantitative estimate of drug-likeness (QED) is 0.260. The summed E-state index contributed by atoms with van der Waals surface area (Å²) in [5.74, 6) is 0.631. The van der Waals surface area contributed by atoms with E-state index in [0.717, 1.165) is 54.7 Å². The predicted molar refractivity (Wildman–Crippen MR) is 156 cm³/mol. The number of ether oxygens (including phenoxy) is 2. The number of hydroxylamine groups is 1. The summed E-state index contributed by atoms with van der Waals surface area (Å²) in [5.41, 5.74) is 4.28. The minimum Gasteiger partial charge on any atom is -0.484 e. The molecule has 2 N–H and O–H groups in total. The van der Waals surface area contributed by atoms with Crippen molar-refractivity contribution < 1.29 is 28.3 Å². The Morgan fingerprint density at radius 3 is 2.67 bits per heavy atom. The average molecular weight is 585 g/mol. The zero-order chi connectivity index (χ0) is 27.8. The summed E-state index contributed by atoms with van der Waals surface area (Å²) in [6.07, 6.45) is 5.96. The second kappa shape index (κ2) is 13.6. The number of rotatable bonds is 10. The van der Waals surface area contributed by atoms with Crippen LogP contribution in [0, 0.1) is 5.82 Å². The largest absolute Gasteiger partial charge is 0.484 e. The van der Waals surface area contributed by atoms with E-state index in [-0.39, 0.29) is 35.3 Å². The van der Waals surface area contributed by atoms with Crippen LogP contribution in [0.3, 0.4) is 0 Å². The van der Waals surface area contributed by atoms with E-state index in [9.17, 15) is 14.0 Å². The van der Waals surface area contributed by atoms with Gasteiger partial charge >= 0.3 is 0 Å². The molecule has 1 unspecified atom stereocenters. The Balaban J connectivity index is 1.22. The number of nitrogens with one attached hydrogen (secondary N) is 2. The summed E-state index contributed by atoms with van der Waals surface area (Å²) in [4.78, 5) is 33.2. The van der Waals surface area contributed by atoms with Crippen LogP contribution >= 0.6 is 23.1 Å². The number of halogens is 1. The molecule has 7 nitrogen and oxygen atoms in total. The number of carbonyl (C=O) groups is 2. The van der Waals surface area contributed by atoms with Gasteiger partial charge in [-0.2, -0.15) is 0 Å². The third kappa shape index (κ3) is 7.63. The maximum absolute atomic E-state index is 13.1. The molecule has 0 bridgehead atoms. The van der Waals surface area contributed by atoms with E-state index in [2.05, 4.69) is 22.9 Å². The van der Waals surface area contributed by atoms with Crippen LogP contribution in [0.15, 0.2) is 60.7 Å². The van der Waals surface area contributed by atoms with Crippen molar-refractivity contribution in [3.05, 3.63) is 71.4 Å². The van der Waals surface area contributed by atoms with Gasteiger partial charge in [-0.25, -0.2) is 14.7 Å². The third-order valence-corrected chi connectivity index (χ3v) is 9.99. The number of thiophene rings is 1. The van der Waals surface area contributed by atoms with Gasteiger partial charge in [-0.05, 0) is 85.5 Å². The van der Waals surface area contributed by atoms with E-state index in [0.29, 0.717) is 24.5 Å². The van der Waals surface area contributed by atoms with Gasteiger partial charge in [-0.3, -0.25) is 9.59 Å². The Morgan fingerprint density at radius 1 is 1.02 bits per heavy atom. The molecular weight excluding hydrogens is 551 g/mol. The predicted octanol–water partition coefficient (Wildman–Crippen LogP) is 6.65. The number of thioether (sulfide) groups is 1. The molecule has 0 aliphatic carbocycles. The van der Waals surface area contributed by atoms with E-state index in [4.69, 9.17) is 14.3 Å². The van der Waals surface area contributed by atoms with Crippen LogP contribution < -0.4 is 15.5 Å². The highest BCUT2D eigenvalue weighted by Gasteiger charge is 2.38. The lowest BCUT2D eigenvalue weighted by Gasteiger charge is -2.35. The van der Waals surface area contributed by atoms with Gasteiger partial charge in [0.1, 0.15) is 11.6 Å². The van der Waals surface area contributed by atoms with Gasteiger partial charge in [-0.15, -0.1) is 23.1 Å². The van der Waals surface area contributed by atoms with Gasteiger partial charge < -0.3 is 14.8 Å². The van der Waals surface area contributed by atoms with Crippen molar-refractivity contribution in [1.82, 2.24) is 5.48 Å². The first-order chi connectivity index (χ1) is 19.5. The van der Waals surface area contributed by atoms with Crippen molar-refractivity contribution >= 4 is 40.6 Å². The van der Waals surface area contributed by atoms with E-state index >= 15 is 0 Å². The van der Waals surface area contributed by atoms with E-state index in [1.54, 1.807) is 11.3 Å². The maximum atomic E-state index is 13.1. The molecular formula is C30H33FN2O5S2. The number of carbonyl (C=O) groups excluding carboxylic acids is 2. The van der Waals surface area contributed by atoms with Gasteiger partial charge in [0.15, 0.2) is 12.9 Å². The molecule has 2 aliphatic rings. The number of benzene rings is 2. The Hall–Kier alpha value is -2.92. The molecule has 2 amide bonds. The topological polar surface area (TPSA) is 85.9 Å². The molecule has 2 saturated heterocycles. The van der Waals surface area contributed by atoms with Crippen LogP contribution in [0.4, 0.5) is 10.1 Å². The molecule has 40 heavy (non-hydrogen) atoms. The van der Waals surface area contributed by atoms with Gasteiger partial charge in [0, 0.05) is 34.9 Å². The normalized spacial score (nSPS) is 21.0. The summed E-state index contributed by atoms with van der Waals surface area (Å²) >= 11 is 3.53. The Bertz CT molecular complexity index is 1290. The van der Waals surface area contributed by atoms with E-state index < -0.39 is 0 Å². The molecule has 2 aliphatic heterocycles. The molecule has 0 spiro atoms. The zero-order valence-electron chi connectivity index (χ0n) is 22.2. The molecule has 5 rings (SSSR count). The minimum absolute atomic E-state index is 0.133. The van der Waals surface area contributed by atoms with Crippen LogP contribution in [-0.4, -0.2) is 37.1 Å². The van der Waals surface area contributed by atoms with Crippen molar-refractivity contribution in [2.75, 3.05) is 24.3 Å². The number of anilines is 1. The molecule has 0 radical (unpaired) electrons. The molecule has 212 valence electrons. The van der Waals surface area contributed by atoms with Gasteiger partial charge in [0.2, 0.25) is 5.91 Å². The lowest BCUT2D eigenvalue weighted by molar-refractivity contribution is -0.200. The molecule has 2 atom stereocenters. The van der Waals surface area contributed by atoms with Crippen molar-refractivity contribution in [3.8, 4) is 16.2 Å². The average Bonchev–Trinajstić information content (AvgIpc) is 3.49. The lowest BCUT2D eigenvalue weighted by atomic mass is 9.94. The van der Waals surface area contributed by atoms with Crippen molar-refractivity contribution in [2.24, 2.45) is 0 Å². The molecule has 2 aromatic carbocycles. The fourth-order valence-corrected chi connectivity index (χ4v) is 7.76. The molecule has 1 aromatic heterocycles.